The number of hydrogen-bond donors (Lipinski definition) is 0. The van der Waals surface area contributed by atoms with Crippen molar-refractivity contribution < 1.29 is 23.1 Å². The lowest BCUT2D eigenvalue weighted by atomic mass is 9.66. The van der Waals surface area contributed by atoms with Gasteiger partial charge in [-0.05, 0) is 6.07 Å². The number of benzene rings is 1. The molecule has 2 amide bonds. The van der Waals surface area contributed by atoms with Crippen LogP contribution < -0.4 is 4.74 Å². The molecular weight excluding hydrogens is 430 g/mol. The Labute approximate surface area is 190 Å². The second-order valence-electron chi connectivity index (χ2n) is 9.71. The van der Waals surface area contributed by atoms with Gasteiger partial charge < -0.3 is 14.5 Å². The molecule has 0 atom stereocenters. The van der Waals surface area contributed by atoms with Gasteiger partial charge in [-0.15, -0.1) is 0 Å². The molecule has 174 valence electrons. The van der Waals surface area contributed by atoms with E-state index < -0.39 is 29.8 Å². The van der Waals surface area contributed by atoms with Gasteiger partial charge in [0.15, 0.2) is 0 Å². The highest BCUT2D eigenvalue weighted by atomic mass is 19.3. The monoisotopic (exact) mass is 456 g/mol. The SMILES string of the molecule is CC1(C(=O)N2Cc3ccccc3OC3(CCN(C(=O)c4cnccn4)CC3)C2)CC(F)(F)C1. The molecule has 9 heteroatoms. The van der Waals surface area contributed by atoms with Gasteiger partial charge in [-0.2, -0.15) is 0 Å². The summed E-state index contributed by atoms with van der Waals surface area (Å²) in [5.41, 5.74) is -0.608. The molecule has 3 heterocycles. The van der Waals surface area contributed by atoms with Gasteiger partial charge in [-0.3, -0.25) is 14.6 Å². The first kappa shape index (κ1) is 21.7. The summed E-state index contributed by atoms with van der Waals surface area (Å²) in [6.45, 7) is 3.12. The molecule has 0 N–H and O–H groups in total. The third-order valence-electron chi connectivity index (χ3n) is 6.98. The lowest BCUT2D eigenvalue weighted by molar-refractivity contribution is -0.185. The zero-order valence-electron chi connectivity index (χ0n) is 18.5. The number of likely N-dealkylation sites (tertiary alicyclic amines) is 1. The van der Waals surface area contributed by atoms with E-state index in [-0.39, 0.29) is 17.5 Å². The largest absolute Gasteiger partial charge is 0.485 e. The summed E-state index contributed by atoms with van der Waals surface area (Å²) < 4.78 is 33.8. The van der Waals surface area contributed by atoms with E-state index in [9.17, 15) is 18.4 Å². The Balaban J connectivity index is 1.37. The Morgan fingerprint density at radius 1 is 1.06 bits per heavy atom. The van der Waals surface area contributed by atoms with E-state index in [0.717, 1.165) is 5.56 Å². The second kappa shape index (κ2) is 7.74. The number of amides is 2. The zero-order chi connectivity index (χ0) is 23.3. The van der Waals surface area contributed by atoms with Crippen molar-refractivity contribution in [3.63, 3.8) is 0 Å². The van der Waals surface area contributed by atoms with Crippen molar-refractivity contribution in [2.75, 3.05) is 19.6 Å². The summed E-state index contributed by atoms with van der Waals surface area (Å²) in [5.74, 6) is -2.53. The van der Waals surface area contributed by atoms with Gasteiger partial charge in [0.2, 0.25) is 11.8 Å². The number of fused-ring (bicyclic) bond motifs is 1. The number of hydrogen-bond acceptors (Lipinski definition) is 5. The summed E-state index contributed by atoms with van der Waals surface area (Å²) in [4.78, 5) is 37.6. The van der Waals surface area contributed by atoms with Crippen LogP contribution in [-0.2, 0) is 11.3 Å². The predicted octanol–water partition coefficient (Wildman–Crippen LogP) is 3.31. The average molecular weight is 456 g/mol. The van der Waals surface area contributed by atoms with Gasteiger partial charge in [0.1, 0.15) is 17.0 Å². The summed E-state index contributed by atoms with van der Waals surface area (Å²) in [5, 5.41) is 0. The minimum Gasteiger partial charge on any atom is -0.485 e. The number of carbonyl (C=O) groups excluding carboxylic acids is 2. The van der Waals surface area contributed by atoms with Gasteiger partial charge in [0.25, 0.3) is 5.91 Å². The van der Waals surface area contributed by atoms with Crippen molar-refractivity contribution in [1.82, 2.24) is 19.8 Å². The zero-order valence-corrected chi connectivity index (χ0v) is 18.5. The van der Waals surface area contributed by atoms with E-state index in [1.165, 1.54) is 18.6 Å². The molecule has 33 heavy (non-hydrogen) atoms. The molecule has 2 fully saturated rings. The van der Waals surface area contributed by atoms with Crippen LogP contribution >= 0.6 is 0 Å². The lowest BCUT2D eigenvalue weighted by Crippen LogP contribution is -2.59. The predicted molar refractivity (Wildman–Crippen MR) is 115 cm³/mol. The average Bonchev–Trinajstić information content (AvgIpc) is 2.94. The molecular formula is C24H26F2N4O3. The molecule has 1 saturated carbocycles. The quantitative estimate of drug-likeness (QED) is 0.693. The van der Waals surface area contributed by atoms with Crippen LogP contribution in [-0.4, -0.2) is 62.7 Å². The number of alkyl halides is 2. The third-order valence-corrected chi connectivity index (χ3v) is 6.98. The van der Waals surface area contributed by atoms with Crippen LogP contribution in [0, 0.1) is 5.41 Å². The first-order valence-corrected chi connectivity index (χ1v) is 11.2. The van der Waals surface area contributed by atoms with E-state index in [2.05, 4.69) is 9.97 Å². The first-order chi connectivity index (χ1) is 15.7. The van der Waals surface area contributed by atoms with Crippen LogP contribution in [0.15, 0.2) is 42.9 Å². The maximum Gasteiger partial charge on any atom is 0.274 e. The maximum atomic E-state index is 13.6. The van der Waals surface area contributed by atoms with Crippen LogP contribution in [0.5, 0.6) is 5.75 Å². The summed E-state index contributed by atoms with van der Waals surface area (Å²) >= 11 is 0. The number of halogens is 2. The highest BCUT2D eigenvalue weighted by Gasteiger charge is 2.59. The Hall–Kier alpha value is -3.10. The van der Waals surface area contributed by atoms with Crippen LogP contribution in [0.1, 0.15) is 48.7 Å². The van der Waals surface area contributed by atoms with Crippen molar-refractivity contribution in [2.24, 2.45) is 5.41 Å². The second-order valence-corrected chi connectivity index (χ2v) is 9.71. The minimum atomic E-state index is -2.78. The molecule has 2 aliphatic heterocycles. The molecule has 1 spiro atoms. The van der Waals surface area contributed by atoms with Crippen molar-refractivity contribution in [2.45, 2.75) is 50.7 Å². The number of ether oxygens (including phenoxy) is 1. The molecule has 3 aliphatic rings. The lowest BCUT2D eigenvalue weighted by Gasteiger charge is -2.47. The summed E-state index contributed by atoms with van der Waals surface area (Å²) in [6, 6.07) is 7.54. The fourth-order valence-corrected chi connectivity index (χ4v) is 5.32. The number of carbonyl (C=O) groups is 2. The number of para-hydroxylation sites is 1. The Kier molecular flexibility index (Phi) is 5.10. The Morgan fingerprint density at radius 3 is 2.45 bits per heavy atom. The molecule has 1 aliphatic carbocycles. The molecule has 0 radical (unpaired) electrons. The molecule has 0 bridgehead atoms. The molecule has 2 aromatic rings. The number of piperidine rings is 1. The van der Waals surface area contributed by atoms with Gasteiger partial charge in [-0.1, -0.05) is 25.1 Å². The maximum absolute atomic E-state index is 13.6. The number of nitrogens with zero attached hydrogens (tertiary/aromatic N) is 4. The van der Waals surface area contributed by atoms with Gasteiger partial charge in [0.05, 0.1) is 18.2 Å². The van der Waals surface area contributed by atoms with Gasteiger partial charge in [-0.25, -0.2) is 13.8 Å². The number of rotatable bonds is 2. The Bertz CT molecular complexity index is 1060. The normalized spacial score (nSPS) is 22.5. The molecule has 1 saturated heterocycles. The van der Waals surface area contributed by atoms with Crippen molar-refractivity contribution in [1.29, 1.82) is 0 Å². The van der Waals surface area contributed by atoms with E-state index >= 15 is 0 Å². The first-order valence-electron chi connectivity index (χ1n) is 11.2. The number of aromatic nitrogens is 2. The Morgan fingerprint density at radius 2 is 1.79 bits per heavy atom. The smallest absolute Gasteiger partial charge is 0.274 e. The van der Waals surface area contributed by atoms with Crippen molar-refractivity contribution in [3.05, 3.63) is 54.1 Å². The molecule has 5 rings (SSSR count). The fraction of sp³-hybridized carbons (Fsp3) is 0.500. The molecule has 7 nitrogen and oxygen atoms in total. The minimum absolute atomic E-state index is 0.191. The topological polar surface area (TPSA) is 75.6 Å². The van der Waals surface area contributed by atoms with Gasteiger partial charge in [0, 0.05) is 63.3 Å². The van der Waals surface area contributed by atoms with E-state index in [4.69, 9.17) is 4.74 Å². The van der Waals surface area contributed by atoms with Crippen molar-refractivity contribution in [3.8, 4) is 5.75 Å². The summed E-state index contributed by atoms with van der Waals surface area (Å²) in [6.07, 6.45) is 4.63. The van der Waals surface area contributed by atoms with E-state index in [1.54, 1.807) is 16.7 Å². The highest BCUT2D eigenvalue weighted by Crippen LogP contribution is 2.53. The van der Waals surface area contributed by atoms with E-state index in [0.29, 0.717) is 44.8 Å². The van der Waals surface area contributed by atoms with Crippen LogP contribution in [0.3, 0.4) is 0 Å². The molecule has 0 unspecified atom stereocenters. The standard InChI is InChI=1S/C24H26F2N4O3/c1-22(14-24(25,26)15-22)21(32)30-13-17-4-2-3-5-19(17)33-23(16-30)6-10-29(11-7-23)20(31)18-12-27-8-9-28-18/h2-5,8-9,12H,6-7,10-11,13-16H2,1H3. The molecule has 1 aromatic carbocycles. The van der Waals surface area contributed by atoms with Crippen LogP contribution in [0.2, 0.25) is 0 Å². The van der Waals surface area contributed by atoms with Gasteiger partial charge >= 0.3 is 0 Å². The van der Waals surface area contributed by atoms with Crippen LogP contribution in [0.25, 0.3) is 0 Å². The van der Waals surface area contributed by atoms with Crippen molar-refractivity contribution >= 4 is 11.8 Å². The van der Waals surface area contributed by atoms with Crippen LogP contribution in [0.4, 0.5) is 8.78 Å². The summed E-state index contributed by atoms with van der Waals surface area (Å²) in [7, 11) is 0. The van der Waals surface area contributed by atoms with E-state index in [1.807, 2.05) is 24.3 Å². The third kappa shape index (κ3) is 4.05. The molecule has 1 aromatic heterocycles. The highest BCUT2D eigenvalue weighted by molar-refractivity contribution is 5.92. The fourth-order valence-electron chi connectivity index (χ4n) is 5.32.